The summed E-state index contributed by atoms with van der Waals surface area (Å²) in [6.45, 7) is 10.9. The van der Waals surface area contributed by atoms with Crippen LogP contribution in [0, 0.1) is 0 Å². The third kappa shape index (κ3) is 5.80. The molecule has 0 aliphatic heterocycles. The molecule has 0 amide bonds. The summed E-state index contributed by atoms with van der Waals surface area (Å²) in [5.41, 5.74) is 4.75. The Kier molecular flexibility index (Phi) is 7.89. The molecular weight excluding hydrogens is 420 g/mol. The topological polar surface area (TPSA) is 36.3 Å². The molecular formula is C30H36N2O2. The predicted molar refractivity (Wildman–Crippen MR) is 140 cm³/mol. The zero-order valence-electron chi connectivity index (χ0n) is 20.8. The van der Waals surface area contributed by atoms with Crippen molar-refractivity contribution in [2.24, 2.45) is 0 Å². The smallest absolute Gasteiger partial charge is 0.147 e. The molecule has 4 nitrogen and oxygen atoms in total. The molecule has 0 radical (unpaired) electrons. The second kappa shape index (κ2) is 11.2. The van der Waals surface area contributed by atoms with Crippen molar-refractivity contribution in [3.8, 4) is 11.5 Å². The Bertz CT molecular complexity index is 1190. The van der Waals surface area contributed by atoms with Gasteiger partial charge in [0.15, 0.2) is 0 Å². The fourth-order valence-corrected chi connectivity index (χ4v) is 4.22. The van der Waals surface area contributed by atoms with Crippen molar-refractivity contribution in [1.29, 1.82) is 0 Å². The van der Waals surface area contributed by atoms with Crippen LogP contribution in [0.15, 0.2) is 72.8 Å². The number of fused-ring (bicyclic) bond motifs is 1. The van der Waals surface area contributed by atoms with E-state index in [1.54, 1.807) is 0 Å². The molecule has 0 N–H and O–H groups in total. The van der Waals surface area contributed by atoms with E-state index in [2.05, 4.69) is 92.9 Å². The van der Waals surface area contributed by atoms with Gasteiger partial charge >= 0.3 is 0 Å². The number of hydrogen-bond donors (Lipinski definition) is 0. The first kappa shape index (κ1) is 23.9. The van der Waals surface area contributed by atoms with Gasteiger partial charge in [-0.25, -0.2) is 4.98 Å². The second-order valence-corrected chi connectivity index (χ2v) is 9.43. The van der Waals surface area contributed by atoms with Crippen molar-refractivity contribution in [2.75, 3.05) is 6.61 Å². The highest BCUT2D eigenvalue weighted by Crippen LogP contribution is 2.26. The molecule has 0 spiro atoms. The van der Waals surface area contributed by atoms with Crippen LogP contribution in [0.5, 0.6) is 11.5 Å². The van der Waals surface area contributed by atoms with Crippen LogP contribution in [0.4, 0.5) is 0 Å². The lowest BCUT2D eigenvalue weighted by Gasteiger charge is -2.14. The molecule has 0 aliphatic rings. The standard InChI is InChI=1S/C30H36N2O2/c1-22(2)24-15-17-25(18-16-24)34-21-30-31-27-12-6-7-13-28(27)32(30)19-9-10-20-33-29-14-8-5-11-26(29)23(3)4/h5-8,11-18,22-23H,9-10,19-21H2,1-4H3. The van der Waals surface area contributed by atoms with E-state index in [1.807, 2.05) is 12.1 Å². The lowest BCUT2D eigenvalue weighted by Crippen LogP contribution is -2.09. The minimum absolute atomic E-state index is 0.452. The molecule has 0 unspecified atom stereocenters. The summed E-state index contributed by atoms with van der Waals surface area (Å²) in [6.07, 6.45) is 2.00. The third-order valence-corrected chi connectivity index (χ3v) is 6.22. The molecule has 4 rings (SSSR count). The first-order valence-corrected chi connectivity index (χ1v) is 12.4. The SMILES string of the molecule is CC(C)c1ccc(OCc2nc3ccccc3n2CCCCOc2ccccc2C(C)C)cc1. The average molecular weight is 457 g/mol. The van der Waals surface area contributed by atoms with Crippen molar-refractivity contribution in [3.05, 3.63) is 89.7 Å². The maximum absolute atomic E-state index is 6.12. The summed E-state index contributed by atoms with van der Waals surface area (Å²) in [4.78, 5) is 4.86. The first-order chi connectivity index (χ1) is 16.5. The molecule has 0 fully saturated rings. The van der Waals surface area contributed by atoms with E-state index in [-0.39, 0.29) is 0 Å². The zero-order chi connectivity index (χ0) is 23.9. The Hall–Kier alpha value is -3.27. The number of ether oxygens (including phenoxy) is 2. The van der Waals surface area contributed by atoms with E-state index in [9.17, 15) is 0 Å². The number of nitrogens with zero attached hydrogens (tertiary/aromatic N) is 2. The van der Waals surface area contributed by atoms with Gasteiger partial charge in [-0.1, -0.05) is 70.2 Å². The monoisotopic (exact) mass is 456 g/mol. The number of aryl methyl sites for hydroxylation is 1. The van der Waals surface area contributed by atoms with E-state index >= 15 is 0 Å². The quantitative estimate of drug-likeness (QED) is 0.217. The van der Waals surface area contributed by atoms with Crippen LogP contribution in [-0.2, 0) is 13.2 Å². The largest absolute Gasteiger partial charge is 0.493 e. The number of para-hydroxylation sites is 3. The highest BCUT2D eigenvalue weighted by molar-refractivity contribution is 5.75. The van der Waals surface area contributed by atoms with Crippen molar-refractivity contribution < 1.29 is 9.47 Å². The van der Waals surface area contributed by atoms with Crippen molar-refractivity contribution in [1.82, 2.24) is 9.55 Å². The van der Waals surface area contributed by atoms with Gasteiger partial charge in [-0.05, 0) is 66.1 Å². The van der Waals surface area contributed by atoms with Gasteiger partial charge in [0.1, 0.15) is 23.9 Å². The number of rotatable bonds is 11. The van der Waals surface area contributed by atoms with Gasteiger partial charge < -0.3 is 14.0 Å². The van der Waals surface area contributed by atoms with Crippen LogP contribution >= 0.6 is 0 Å². The van der Waals surface area contributed by atoms with Gasteiger partial charge in [-0.2, -0.15) is 0 Å². The molecule has 34 heavy (non-hydrogen) atoms. The van der Waals surface area contributed by atoms with Crippen molar-refractivity contribution in [3.63, 3.8) is 0 Å². The summed E-state index contributed by atoms with van der Waals surface area (Å²) >= 11 is 0. The molecule has 0 aliphatic carbocycles. The Morgan fingerprint density at radius 1 is 0.765 bits per heavy atom. The summed E-state index contributed by atoms with van der Waals surface area (Å²) in [7, 11) is 0. The zero-order valence-corrected chi connectivity index (χ0v) is 20.8. The van der Waals surface area contributed by atoms with E-state index in [0.717, 1.165) is 47.7 Å². The van der Waals surface area contributed by atoms with E-state index in [4.69, 9.17) is 14.5 Å². The number of aromatic nitrogens is 2. The first-order valence-electron chi connectivity index (χ1n) is 12.4. The van der Waals surface area contributed by atoms with Crippen molar-refractivity contribution in [2.45, 2.75) is 65.5 Å². The van der Waals surface area contributed by atoms with Gasteiger partial charge in [0.25, 0.3) is 0 Å². The Labute approximate surface area is 203 Å². The minimum atomic E-state index is 0.452. The molecule has 1 heterocycles. The maximum Gasteiger partial charge on any atom is 0.147 e. The molecule has 1 aromatic heterocycles. The molecule has 0 atom stereocenters. The third-order valence-electron chi connectivity index (χ3n) is 6.22. The van der Waals surface area contributed by atoms with E-state index < -0.39 is 0 Å². The van der Waals surface area contributed by atoms with Gasteiger partial charge in [0, 0.05) is 6.54 Å². The molecule has 4 aromatic rings. The normalized spacial score (nSPS) is 11.5. The number of unbranched alkanes of at least 4 members (excludes halogenated alkanes) is 1. The second-order valence-electron chi connectivity index (χ2n) is 9.43. The van der Waals surface area contributed by atoms with Gasteiger partial charge in [-0.15, -0.1) is 0 Å². The Morgan fingerprint density at radius 2 is 1.50 bits per heavy atom. The lowest BCUT2D eigenvalue weighted by atomic mass is 10.0. The molecule has 3 aromatic carbocycles. The number of hydrogen-bond acceptors (Lipinski definition) is 3. The molecule has 0 saturated carbocycles. The molecule has 0 saturated heterocycles. The van der Waals surface area contributed by atoms with Crippen LogP contribution in [0.3, 0.4) is 0 Å². The number of benzene rings is 3. The highest BCUT2D eigenvalue weighted by atomic mass is 16.5. The molecule has 178 valence electrons. The fourth-order valence-electron chi connectivity index (χ4n) is 4.22. The van der Waals surface area contributed by atoms with Crippen LogP contribution in [0.25, 0.3) is 11.0 Å². The predicted octanol–water partition coefficient (Wildman–Crippen LogP) is 7.72. The minimum Gasteiger partial charge on any atom is -0.493 e. The Balaban J connectivity index is 1.37. The summed E-state index contributed by atoms with van der Waals surface area (Å²) in [6, 6.07) is 25.0. The van der Waals surface area contributed by atoms with Crippen LogP contribution < -0.4 is 9.47 Å². The number of imidazole rings is 1. The van der Waals surface area contributed by atoms with Gasteiger partial charge in [0.05, 0.1) is 17.6 Å². The van der Waals surface area contributed by atoms with Crippen molar-refractivity contribution >= 4 is 11.0 Å². The fraction of sp³-hybridized carbons (Fsp3) is 0.367. The van der Waals surface area contributed by atoms with E-state index in [0.29, 0.717) is 25.0 Å². The van der Waals surface area contributed by atoms with Crippen LogP contribution in [0.1, 0.15) is 69.3 Å². The maximum atomic E-state index is 6.12. The van der Waals surface area contributed by atoms with Crippen LogP contribution in [0.2, 0.25) is 0 Å². The van der Waals surface area contributed by atoms with E-state index in [1.165, 1.54) is 11.1 Å². The lowest BCUT2D eigenvalue weighted by molar-refractivity contribution is 0.284. The molecule has 4 heteroatoms. The summed E-state index contributed by atoms with van der Waals surface area (Å²) in [5.74, 6) is 3.81. The van der Waals surface area contributed by atoms with Gasteiger partial charge in [-0.3, -0.25) is 0 Å². The summed E-state index contributed by atoms with van der Waals surface area (Å²) < 4.78 is 14.5. The molecule has 0 bridgehead atoms. The summed E-state index contributed by atoms with van der Waals surface area (Å²) in [5, 5.41) is 0. The van der Waals surface area contributed by atoms with Crippen LogP contribution in [-0.4, -0.2) is 16.2 Å². The highest BCUT2D eigenvalue weighted by Gasteiger charge is 2.12. The van der Waals surface area contributed by atoms with Gasteiger partial charge in [0.2, 0.25) is 0 Å². The Morgan fingerprint density at radius 3 is 2.26 bits per heavy atom. The average Bonchev–Trinajstić information content (AvgIpc) is 3.20.